The van der Waals surface area contributed by atoms with E-state index in [2.05, 4.69) is 22.1 Å². The van der Waals surface area contributed by atoms with Crippen LogP contribution in [0.3, 0.4) is 0 Å². The highest BCUT2D eigenvalue weighted by Crippen LogP contribution is 2.28. The summed E-state index contributed by atoms with van der Waals surface area (Å²) < 4.78 is 0. The van der Waals surface area contributed by atoms with Gasteiger partial charge in [0, 0.05) is 22.5 Å². The van der Waals surface area contributed by atoms with Crippen molar-refractivity contribution < 1.29 is 9.59 Å². The van der Waals surface area contributed by atoms with Gasteiger partial charge in [0.25, 0.3) is 0 Å². The van der Waals surface area contributed by atoms with Crippen LogP contribution in [0.4, 0.5) is 0 Å². The summed E-state index contributed by atoms with van der Waals surface area (Å²) in [6.07, 6.45) is 0. The fraction of sp³-hybridized carbons (Fsp3) is 0.286. The zero-order valence-corrected chi connectivity index (χ0v) is 22.8. The molecule has 0 amide bonds. The summed E-state index contributed by atoms with van der Waals surface area (Å²) >= 11 is 2.50. The normalized spacial score (nSPS) is 10.6. The van der Waals surface area contributed by atoms with Gasteiger partial charge < -0.3 is 0 Å². The number of hydrogen-bond donors (Lipinski definition) is 0. The second-order valence-corrected chi connectivity index (χ2v) is 10.4. The molecular weight excluding hydrogens is 488 g/mol. The Morgan fingerprint density at radius 1 is 0.667 bits per heavy atom. The van der Waals surface area contributed by atoms with E-state index in [1.165, 1.54) is 23.5 Å². The van der Waals surface area contributed by atoms with Gasteiger partial charge in [-0.05, 0) is 63.8 Å². The highest BCUT2D eigenvalue weighted by molar-refractivity contribution is 8.00. The first-order valence-corrected chi connectivity index (χ1v) is 13.2. The largest absolute Gasteiger partial charge is 0.293 e. The smallest absolute Gasteiger partial charge is 0.173 e. The van der Waals surface area contributed by atoms with Crippen LogP contribution >= 0.6 is 23.5 Å². The molecule has 0 atom stereocenters. The number of aryl methyl sites for hydroxylation is 2. The Labute approximate surface area is 220 Å². The third-order valence-electron chi connectivity index (χ3n) is 6.36. The van der Waals surface area contributed by atoms with E-state index in [0.717, 1.165) is 33.6 Å². The van der Waals surface area contributed by atoms with Gasteiger partial charge in [-0.2, -0.15) is 10.5 Å². The number of benzene rings is 1. The van der Waals surface area contributed by atoms with Gasteiger partial charge in [-0.15, -0.1) is 0 Å². The van der Waals surface area contributed by atoms with E-state index in [1.54, 1.807) is 24.3 Å². The molecule has 0 bridgehead atoms. The summed E-state index contributed by atoms with van der Waals surface area (Å²) in [5, 5.41) is 20.2. The molecule has 0 radical (unpaired) electrons. The van der Waals surface area contributed by atoms with Gasteiger partial charge in [0.1, 0.15) is 22.2 Å². The molecule has 0 fully saturated rings. The number of rotatable bonds is 8. The van der Waals surface area contributed by atoms with E-state index in [0.29, 0.717) is 32.3 Å². The highest BCUT2D eigenvalue weighted by atomic mass is 32.2. The summed E-state index contributed by atoms with van der Waals surface area (Å²) in [5.41, 5.74) is 7.39. The van der Waals surface area contributed by atoms with Crippen molar-refractivity contribution in [3.63, 3.8) is 0 Å². The van der Waals surface area contributed by atoms with Crippen LogP contribution in [0.2, 0.25) is 0 Å². The van der Waals surface area contributed by atoms with Gasteiger partial charge in [0.05, 0.1) is 22.6 Å². The lowest BCUT2D eigenvalue weighted by Crippen LogP contribution is -2.07. The number of ketones is 2. The second kappa shape index (κ2) is 11.5. The molecule has 0 spiro atoms. The molecule has 6 nitrogen and oxygen atoms in total. The Morgan fingerprint density at radius 2 is 1.00 bits per heavy atom. The molecule has 182 valence electrons. The lowest BCUT2D eigenvalue weighted by Gasteiger charge is -2.11. The van der Waals surface area contributed by atoms with Gasteiger partial charge in [-0.1, -0.05) is 47.8 Å². The fourth-order valence-corrected chi connectivity index (χ4v) is 5.53. The second-order valence-electron chi connectivity index (χ2n) is 8.48. The topological polar surface area (TPSA) is 108 Å². The van der Waals surface area contributed by atoms with Crippen molar-refractivity contribution in [3.8, 4) is 12.1 Å². The molecule has 2 aromatic heterocycles. The van der Waals surface area contributed by atoms with Crippen molar-refractivity contribution >= 4 is 35.1 Å². The van der Waals surface area contributed by atoms with Crippen molar-refractivity contribution in [2.75, 3.05) is 11.5 Å². The Kier molecular flexibility index (Phi) is 8.68. The van der Waals surface area contributed by atoms with Crippen molar-refractivity contribution in [1.29, 1.82) is 10.5 Å². The molecule has 8 heteroatoms. The van der Waals surface area contributed by atoms with Gasteiger partial charge in [0.15, 0.2) is 11.6 Å². The van der Waals surface area contributed by atoms with Crippen LogP contribution in [0, 0.1) is 64.2 Å². The number of hydrogen-bond acceptors (Lipinski definition) is 8. The fourth-order valence-electron chi connectivity index (χ4n) is 3.57. The lowest BCUT2D eigenvalue weighted by atomic mass is 10.1. The summed E-state index contributed by atoms with van der Waals surface area (Å²) in [5.74, 6) is 0.0648. The standard InChI is InChI=1S/C28H26N4O2S2/c1-15-17(3)23(11-29)27(31-19(15)5)35-13-25(33)21-7-9-22(10-8-21)26(34)14-36-28-24(12-30)18(4)16(2)20(6)32-28/h7-10H,13-14H2,1-6H3. The SMILES string of the molecule is Cc1nc(SCC(=O)c2ccc(C(=O)CSc3nc(C)c(C)c(C)c3C#N)cc2)c(C#N)c(C)c1C. The summed E-state index contributed by atoms with van der Waals surface area (Å²) in [6.45, 7) is 11.4. The lowest BCUT2D eigenvalue weighted by molar-refractivity contribution is 0.101. The maximum atomic E-state index is 12.7. The zero-order valence-electron chi connectivity index (χ0n) is 21.1. The molecule has 3 rings (SSSR count). The first kappa shape index (κ1) is 27.1. The van der Waals surface area contributed by atoms with Crippen LogP contribution in [-0.4, -0.2) is 33.0 Å². The van der Waals surface area contributed by atoms with Crippen LogP contribution in [0.25, 0.3) is 0 Å². The minimum Gasteiger partial charge on any atom is -0.293 e. The average Bonchev–Trinajstić information content (AvgIpc) is 2.87. The Hall–Kier alpha value is -3.46. The van der Waals surface area contributed by atoms with Crippen molar-refractivity contribution in [2.45, 2.75) is 51.6 Å². The number of pyridine rings is 2. The number of thioether (sulfide) groups is 2. The minimum atomic E-state index is -0.108. The van der Waals surface area contributed by atoms with Gasteiger partial charge >= 0.3 is 0 Å². The molecule has 0 saturated carbocycles. The van der Waals surface area contributed by atoms with Crippen LogP contribution < -0.4 is 0 Å². The molecule has 36 heavy (non-hydrogen) atoms. The summed E-state index contributed by atoms with van der Waals surface area (Å²) in [7, 11) is 0. The van der Waals surface area contributed by atoms with Gasteiger partial charge in [-0.3, -0.25) is 9.59 Å². The molecule has 0 aliphatic rings. The maximum absolute atomic E-state index is 12.7. The third-order valence-corrected chi connectivity index (χ3v) is 8.31. The van der Waals surface area contributed by atoms with Crippen LogP contribution in [0.5, 0.6) is 0 Å². The molecule has 0 N–H and O–H groups in total. The predicted molar refractivity (Wildman–Crippen MR) is 143 cm³/mol. The molecular formula is C28H26N4O2S2. The number of nitrogens with zero attached hydrogens (tertiary/aromatic N) is 4. The number of carbonyl (C=O) groups is 2. The van der Waals surface area contributed by atoms with E-state index in [9.17, 15) is 20.1 Å². The maximum Gasteiger partial charge on any atom is 0.173 e. The molecule has 0 unspecified atom stereocenters. The molecule has 0 saturated heterocycles. The molecule has 2 heterocycles. The Morgan fingerprint density at radius 3 is 1.31 bits per heavy atom. The number of aromatic nitrogens is 2. The monoisotopic (exact) mass is 514 g/mol. The highest BCUT2D eigenvalue weighted by Gasteiger charge is 2.17. The van der Waals surface area contributed by atoms with Gasteiger partial charge in [-0.25, -0.2) is 9.97 Å². The number of carbonyl (C=O) groups excluding carboxylic acids is 2. The molecule has 0 aliphatic heterocycles. The Balaban J connectivity index is 1.67. The summed E-state index contributed by atoms with van der Waals surface area (Å²) in [6, 6.07) is 11.0. The third kappa shape index (κ3) is 5.67. The van der Waals surface area contributed by atoms with Crippen molar-refractivity contribution in [3.05, 3.63) is 80.2 Å². The van der Waals surface area contributed by atoms with E-state index >= 15 is 0 Å². The number of Topliss-reactive ketones (excluding diaryl/α,β-unsaturated/α-hetero) is 2. The number of nitriles is 2. The minimum absolute atomic E-state index is 0.108. The van der Waals surface area contributed by atoms with Gasteiger partial charge in [0.2, 0.25) is 0 Å². The van der Waals surface area contributed by atoms with Crippen LogP contribution in [0.15, 0.2) is 34.3 Å². The molecule has 3 aromatic rings. The van der Waals surface area contributed by atoms with Crippen molar-refractivity contribution in [2.24, 2.45) is 0 Å². The first-order chi connectivity index (χ1) is 17.1. The first-order valence-electron chi connectivity index (χ1n) is 11.3. The van der Waals surface area contributed by atoms with E-state index in [1.807, 2.05) is 41.5 Å². The van der Waals surface area contributed by atoms with E-state index < -0.39 is 0 Å². The summed E-state index contributed by atoms with van der Waals surface area (Å²) in [4.78, 5) is 34.5. The van der Waals surface area contributed by atoms with E-state index in [4.69, 9.17) is 0 Å². The predicted octanol–water partition coefficient (Wildman–Crippen LogP) is 6.02. The van der Waals surface area contributed by atoms with Crippen LogP contribution in [0.1, 0.15) is 65.5 Å². The quantitative estimate of drug-likeness (QED) is 0.265. The average molecular weight is 515 g/mol. The van der Waals surface area contributed by atoms with E-state index in [-0.39, 0.29) is 23.1 Å². The van der Waals surface area contributed by atoms with Crippen molar-refractivity contribution in [1.82, 2.24) is 9.97 Å². The van der Waals surface area contributed by atoms with Crippen LogP contribution in [-0.2, 0) is 0 Å². The zero-order chi connectivity index (χ0) is 26.6. The molecule has 1 aromatic carbocycles. The molecule has 0 aliphatic carbocycles. The Bertz CT molecular complexity index is 1340.